The van der Waals surface area contributed by atoms with Crippen molar-refractivity contribution in [2.24, 2.45) is 0 Å². The van der Waals surface area contributed by atoms with Gasteiger partial charge in [0.25, 0.3) is 7.41 Å². The molecular weight excluding hydrogens is 549 g/mol. The zero-order valence-electron chi connectivity index (χ0n) is 24.7. The normalized spacial score (nSPS) is 10.7. The van der Waals surface area contributed by atoms with Crippen LogP contribution in [-0.4, -0.2) is 22.4 Å². The number of nitrogens with zero attached hydrogens (tertiary/aromatic N) is 4. The van der Waals surface area contributed by atoms with Crippen LogP contribution in [-0.2, 0) is 0 Å². The quantitative estimate of drug-likeness (QED) is 0.174. The average molecular weight is 580 g/mol. The molecule has 7 rings (SSSR count). The van der Waals surface area contributed by atoms with E-state index in [1.54, 1.807) is 0 Å². The number of nitrogens with one attached hydrogen (secondary N) is 1. The van der Waals surface area contributed by atoms with Gasteiger partial charge in [0.15, 0.2) is 5.82 Å². The molecule has 5 aromatic carbocycles. The lowest BCUT2D eigenvalue weighted by Crippen LogP contribution is -2.33. The van der Waals surface area contributed by atoms with E-state index in [4.69, 9.17) is 15.0 Å². The monoisotopic (exact) mass is 579 g/mol. The van der Waals surface area contributed by atoms with Crippen molar-refractivity contribution in [3.8, 4) is 33.9 Å². The highest BCUT2D eigenvalue weighted by Crippen LogP contribution is 2.32. The van der Waals surface area contributed by atoms with Gasteiger partial charge in [0.2, 0.25) is 0 Å². The molecular formula is C39H30BN5. The van der Waals surface area contributed by atoms with Gasteiger partial charge in [-0.1, -0.05) is 115 Å². The molecule has 2 heterocycles. The molecule has 7 aromatic rings. The summed E-state index contributed by atoms with van der Waals surface area (Å²) < 4.78 is 0. The summed E-state index contributed by atoms with van der Waals surface area (Å²) in [6.07, 6.45) is 1.84. The van der Waals surface area contributed by atoms with Crippen molar-refractivity contribution >= 4 is 35.8 Å². The number of para-hydroxylation sites is 1. The summed E-state index contributed by atoms with van der Waals surface area (Å²) in [4.78, 5) is 17.0. The van der Waals surface area contributed by atoms with Crippen LogP contribution in [0.2, 0.25) is 0 Å². The number of hydrogen-bond acceptors (Lipinski definition) is 5. The van der Waals surface area contributed by atoms with Gasteiger partial charge in [0, 0.05) is 34.3 Å². The predicted octanol–water partition coefficient (Wildman–Crippen LogP) is 8.43. The van der Waals surface area contributed by atoms with Gasteiger partial charge in [-0.2, -0.15) is 0 Å². The molecule has 45 heavy (non-hydrogen) atoms. The van der Waals surface area contributed by atoms with Crippen LogP contribution in [0, 0.1) is 0 Å². The minimum absolute atomic E-state index is 0.682. The number of hydrogen-bond donors (Lipinski definition) is 1. The third kappa shape index (κ3) is 6.50. The zero-order valence-corrected chi connectivity index (χ0v) is 24.7. The molecule has 0 fully saturated rings. The molecule has 0 aliphatic heterocycles. The predicted molar refractivity (Wildman–Crippen MR) is 188 cm³/mol. The Balaban J connectivity index is 1.21. The van der Waals surface area contributed by atoms with Gasteiger partial charge >= 0.3 is 0 Å². The molecule has 6 heteroatoms. The molecule has 0 saturated carbocycles. The molecule has 0 atom stereocenters. The lowest BCUT2D eigenvalue weighted by molar-refractivity contribution is 1.18. The molecule has 0 unspecified atom stereocenters. The first kappa shape index (κ1) is 27.8. The fourth-order valence-corrected chi connectivity index (χ4v) is 5.32. The van der Waals surface area contributed by atoms with Crippen LogP contribution in [0.25, 0.3) is 33.9 Å². The van der Waals surface area contributed by atoms with Gasteiger partial charge in [0.05, 0.1) is 17.1 Å². The number of pyridine rings is 1. The van der Waals surface area contributed by atoms with Crippen molar-refractivity contribution in [3.63, 3.8) is 0 Å². The Labute approximate surface area is 264 Å². The second kappa shape index (κ2) is 13.1. The van der Waals surface area contributed by atoms with Gasteiger partial charge in [-0.25, -0.2) is 15.0 Å². The van der Waals surface area contributed by atoms with Crippen LogP contribution >= 0.6 is 0 Å². The van der Waals surface area contributed by atoms with Crippen LogP contribution < -0.4 is 15.6 Å². The largest absolute Gasteiger partial charge is 0.368 e. The molecule has 0 bridgehead atoms. The lowest BCUT2D eigenvalue weighted by atomic mass is 9.79. The maximum absolute atomic E-state index is 4.98. The summed E-state index contributed by atoms with van der Waals surface area (Å²) in [5.41, 5.74) is 8.97. The first-order valence-corrected chi connectivity index (χ1v) is 15.0. The second-order valence-corrected chi connectivity index (χ2v) is 10.7. The van der Waals surface area contributed by atoms with E-state index in [0.717, 1.165) is 51.0 Å². The van der Waals surface area contributed by atoms with Gasteiger partial charge in [0.1, 0.15) is 5.82 Å². The standard InChI is InChI=1S/C39H30BN5/c1-5-14-29(15-6-1)36-28-37(30-16-7-2-8-17-30)44-38(43-36)31-23-25-33(26-24-31)42-35-22-13-27-41-39(35)45(34-20-11-4-12-21-34)40-32-18-9-3-10-19-32/h1-28,40,42H. The summed E-state index contributed by atoms with van der Waals surface area (Å²) in [6, 6.07) is 55.7. The van der Waals surface area contributed by atoms with Crippen molar-refractivity contribution in [2.45, 2.75) is 0 Å². The first-order valence-electron chi connectivity index (χ1n) is 15.0. The fraction of sp³-hybridized carbons (Fsp3) is 0. The van der Waals surface area contributed by atoms with Crippen LogP contribution in [0.4, 0.5) is 22.9 Å². The number of aromatic nitrogens is 3. The molecule has 2 aromatic heterocycles. The van der Waals surface area contributed by atoms with E-state index < -0.39 is 0 Å². The molecule has 0 spiro atoms. The Hall–Kier alpha value is -6.01. The summed E-state index contributed by atoms with van der Waals surface area (Å²) >= 11 is 0. The number of rotatable bonds is 9. The third-order valence-electron chi connectivity index (χ3n) is 7.58. The van der Waals surface area contributed by atoms with Crippen molar-refractivity contribution in [2.75, 3.05) is 10.1 Å². The smallest absolute Gasteiger partial charge is 0.277 e. The van der Waals surface area contributed by atoms with E-state index in [2.05, 4.69) is 119 Å². The highest BCUT2D eigenvalue weighted by atomic mass is 15.2. The van der Waals surface area contributed by atoms with Crippen LogP contribution in [0.5, 0.6) is 0 Å². The highest BCUT2D eigenvalue weighted by molar-refractivity contribution is 6.59. The molecule has 214 valence electrons. The van der Waals surface area contributed by atoms with Crippen molar-refractivity contribution in [1.82, 2.24) is 15.0 Å². The first-order chi connectivity index (χ1) is 22.3. The second-order valence-electron chi connectivity index (χ2n) is 10.7. The van der Waals surface area contributed by atoms with E-state index >= 15 is 0 Å². The van der Waals surface area contributed by atoms with Crippen LogP contribution in [0.1, 0.15) is 0 Å². The van der Waals surface area contributed by atoms with E-state index in [1.165, 1.54) is 5.46 Å². The topological polar surface area (TPSA) is 53.9 Å². The van der Waals surface area contributed by atoms with E-state index in [9.17, 15) is 0 Å². The van der Waals surface area contributed by atoms with E-state index in [0.29, 0.717) is 13.2 Å². The molecule has 0 aliphatic rings. The Morgan fingerprint density at radius 2 is 1.07 bits per heavy atom. The summed E-state index contributed by atoms with van der Waals surface area (Å²) in [6.45, 7) is 0. The maximum Gasteiger partial charge on any atom is 0.277 e. The Kier molecular flexibility index (Phi) is 8.10. The summed E-state index contributed by atoms with van der Waals surface area (Å²) in [7, 11) is 0.689. The van der Waals surface area contributed by atoms with Gasteiger partial charge in [-0.3, -0.25) is 0 Å². The molecule has 1 N–H and O–H groups in total. The zero-order chi connectivity index (χ0) is 30.3. The Morgan fingerprint density at radius 1 is 0.511 bits per heavy atom. The third-order valence-corrected chi connectivity index (χ3v) is 7.58. The average Bonchev–Trinajstić information content (AvgIpc) is 3.13. The Bertz CT molecular complexity index is 1930. The number of anilines is 4. The number of benzene rings is 5. The Morgan fingerprint density at radius 3 is 1.67 bits per heavy atom. The van der Waals surface area contributed by atoms with Crippen LogP contribution in [0.3, 0.4) is 0 Å². The molecule has 5 nitrogen and oxygen atoms in total. The molecule has 0 aliphatic carbocycles. The minimum Gasteiger partial charge on any atom is -0.368 e. The van der Waals surface area contributed by atoms with E-state index in [-0.39, 0.29) is 0 Å². The van der Waals surface area contributed by atoms with Crippen molar-refractivity contribution in [3.05, 3.63) is 170 Å². The fourth-order valence-electron chi connectivity index (χ4n) is 5.32. The summed E-state index contributed by atoms with van der Waals surface area (Å²) in [5.74, 6) is 1.53. The molecule has 0 saturated heterocycles. The highest BCUT2D eigenvalue weighted by Gasteiger charge is 2.17. The maximum atomic E-state index is 4.98. The molecule has 0 amide bonds. The van der Waals surface area contributed by atoms with Crippen molar-refractivity contribution in [1.29, 1.82) is 0 Å². The minimum atomic E-state index is 0.682. The molecule has 0 radical (unpaired) electrons. The van der Waals surface area contributed by atoms with Gasteiger partial charge in [-0.05, 0) is 54.6 Å². The van der Waals surface area contributed by atoms with E-state index in [1.807, 2.05) is 60.8 Å². The summed E-state index contributed by atoms with van der Waals surface area (Å²) in [5, 5.41) is 3.62. The van der Waals surface area contributed by atoms with Gasteiger partial charge < -0.3 is 10.1 Å². The van der Waals surface area contributed by atoms with Gasteiger partial charge in [-0.15, -0.1) is 0 Å². The van der Waals surface area contributed by atoms with Crippen LogP contribution in [0.15, 0.2) is 170 Å². The SMILES string of the molecule is B(c1ccccc1)N(c1ccccc1)c1ncccc1Nc1ccc(-c2nc(-c3ccccc3)cc(-c3ccccc3)n2)cc1. The lowest BCUT2D eigenvalue weighted by Gasteiger charge is -2.26. The van der Waals surface area contributed by atoms with Crippen molar-refractivity contribution < 1.29 is 0 Å².